The van der Waals surface area contributed by atoms with Crippen LogP contribution >= 0.6 is 0 Å². The van der Waals surface area contributed by atoms with Crippen LogP contribution in [0.5, 0.6) is 0 Å². The number of H-pyrrole nitrogens is 1. The minimum atomic E-state index is -3.41. The van der Waals surface area contributed by atoms with Gasteiger partial charge in [-0.1, -0.05) is 13.8 Å². The number of aromatic nitrogens is 2. The van der Waals surface area contributed by atoms with E-state index in [1.165, 1.54) is 12.5 Å². The largest absolute Gasteiger partial charge is 0.335 e. The molecule has 0 radical (unpaired) electrons. The number of nitrogens with one attached hydrogen (secondary N) is 2. The van der Waals surface area contributed by atoms with Gasteiger partial charge in [-0.25, -0.2) is 13.4 Å². The van der Waals surface area contributed by atoms with Crippen LogP contribution in [0.3, 0.4) is 0 Å². The van der Waals surface area contributed by atoms with Crippen molar-refractivity contribution in [2.75, 3.05) is 26.2 Å². The number of nitrogens with zero attached hydrogens (tertiary/aromatic N) is 2. The van der Waals surface area contributed by atoms with Crippen molar-refractivity contribution in [2.45, 2.75) is 31.7 Å². The van der Waals surface area contributed by atoms with E-state index < -0.39 is 10.0 Å². The molecular weight excluding hydrogens is 276 g/mol. The third kappa shape index (κ3) is 3.80. The summed E-state index contributed by atoms with van der Waals surface area (Å²) in [5.74, 6) is 1.00. The van der Waals surface area contributed by atoms with Crippen molar-refractivity contribution in [3.05, 3.63) is 12.5 Å². The molecule has 2 heterocycles. The van der Waals surface area contributed by atoms with E-state index in [2.05, 4.69) is 29.1 Å². The van der Waals surface area contributed by atoms with E-state index in [0.29, 0.717) is 24.9 Å². The fraction of sp³-hybridized carbons (Fsp3) is 0.769. The van der Waals surface area contributed by atoms with Gasteiger partial charge >= 0.3 is 0 Å². The molecular formula is C13H24N4O2S. The van der Waals surface area contributed by atoms with E-state index in [0.717, 1.165) is 25.9 Å². The van der Waals surface area contributed by atoms with Gasteiger partial charge in [0.2, 0.25) is 0 Å². The lowest BCUT2D eigenvalue weighted by molar-refractivity contribution is 0.258. The Kier molecular flexibility index (Phi) is 5.17. The van der Waals surface area contributed by atoms with Crippen LogP contribution in [0.1, 0.15) is 26.7 Å². The van der Waals surface area contributed by atoms with Gasteiger partial charge in [-0.05, 0) is 37.8 Å². The fourth-order valence-corrected chi connectivity index (χ4v) is 3.96. The second-order valence-electron chi connectivity index (χ2n) is 5.84. The van der Waals surface area contributed by atoms with Crippen molar-refractivity contribution in [3.8, 4) is 0 Å². The summed E-state index contributed by atoms with van der Waals surface area (Å²) in [4.78, 5) is 6.49. The van der Waals surface area contributed by atoms with E-state index >= 15 is 0 Å². The Bertz CT molecular complexity index is 498. The lowest BCUT2D eigenvalue weighted by Crippen LogP contribution is -2.43. The maximum atomic E-state index is 12.4. The number of imidazole rings is 1. The molecule has 0 aliphatic carbocycles. The van der Waals surface area contributed by atoms with Gasteiger partial charge in [-0.2, -0.15) is 4.31 Å². The van der Waals surface area contributed by atoms with Gasteiger partial charge < -0.3 is 10.3 Å². The molecule has 1 aliphatic rings. The summed E-state index contributed by atoms with van der Waals surface area (Å²) in [6.45, 7) is 7.39. The molecule has 1 atom stereocenters. The molecule has 20 heavy (non-hydrogen) atoms. The monoisotopic (exact) mass is 300 g/mol. The van der Waals surface area contributed by atoms with Gasteiger partial charge in [0, 0.05) is 13.1 Å². The van der Waals surface area contributed by atoms with Crippen LogP contribution in [0.2, 0.25) is 0 Å². The van der Waals surface area contributed by atoms with Crippen LogP contribution in [0.15, 0.2) is 17.6 Å². The molecule has 1 saturated heterocycles. The first-order chi connectivity index (χ1) is 9.50. The van der Waals surface area contributed by atoms with E-state index in [9.17, 15) is 8.42 Å². The summed E-state index contributed by atoms with van der Waals surface area (Å²) in [6, 6.07) is 0. The Morgan fingerprint density at radius 3 is 3.00 bits per heavy atom. The van der Waals surface area contributed by atoms with Crippen LogP contribution in [0.25, 0.3) is 0 Å². The fourth-order valence-electron chi connectivity index (χ4n) is 2.51. The molecule has 114 valence electrons. The van der Waals surface area contributed by atoms with Crippen LogP contribution < -0.4 is 5.32 Å². The van der Waals surface area contributed by atoms with E-state index in [1.807, 2.05) is 0 Å². The second-order valence-corrected chi connectivity index (χ2v) is 7.75. The Hall–Kier alpha value is -0.920. The maximum absolute atomic E-state index is 12.4. The first kappa shape index (κ1) is 15.5. The Balaban J connectivity index is 1.93. The zero-order chi connectivity index (χ0) is 14.6. The summed E-state index contributed by atoms with van der Waals surface area (Å²) < 4.78 is 26.4. The minimum absolute atomic E-state index is 0.188. The molecule has 1 unspecified atom stereocenters. The van der Waals surface area contributed by atoms with Crippen molar-refractivity contribution in [1.29, 1.82) is 0 Å². The molecule has 7 heteroatoms. The Morgan fingerprint density at radius 2 is 2.35 bits per heavy atom. The summed E-state index contributed by atoms with van der Waals surface area (Å²) in [5.41, 5.74) is 0. The van der Waals surface area contributed by atoms with Crippen LogP contribution in [-0.4, -0.2) is 48.9 Å². The van der Waals surface area contributed by atoms with Gasteiger partial charge in [0.05, 0.1) is 12.5 Å². The molecule has 1 aromatic rings. The normalized spacial score (nSPS) is 21.4. The van der Waals surface area contributed by atoms with Crippen LogP contribution in [0, 0.1) is 11.8 Å². The lowest BCUT2D eigenvalue weighted by atomic mass is 9.99. The van der Waals surface area contributed by atoms with Gasteiger partial charge in [-0.3, -0.25) is 0 Å². The first-order valence-corrected chi connectivity index (χ1v) is 8.63. The predicted octanol–water partition coefficient (Wildman–Crippen LogP) is 1.06. The van der Waals surface area contributed by atoms with Crippen molar-refractivity contribution in [1.82, 2.24) is 19.6 Å². The zero-order valence-corrected chi connectivity index (χ0v) is 13.0. The smallest absolute Gasteiger partial charge is 0.260 e. The van der Waals surface area contributed by atoms with Gasteiger partial charge in [0.1, 0.15) is 0 Å². The molecule has 1 fully saturated rings. The van der Waals surface area contributed by atoms with Gasteiger partial charge in [-0.15, -0.1) is 0 Å². The quantitative estimate of drug-likeness (QED) is 0.823. The highest BCUT2D eigenvalue weighted by Crippen LogP contribution is 2.22. The number of sulfonamides is 1. The lowest BCUT2D eigenvalue weighted by Gasteiger charge is -2.31. The second kappa shape index (κ2) is 6.69. The van der Waals surface area contributed by atoms with Crippen LogP contribution in [-0.2, 0) is 10.0 Å². The zero-order valence-electron chi connectivity index (χ0n) is 12.2. The third-order valence-corrected chi connectivity index (χ3v) is 5.35. The molecule has 2 N–H and O–H groups in total. The number of hydrogen-bond acceptors (Lipinski definition) is 4. The minimum Gasteiger partial charge on any atom is -0.335 e. The first-order valence-electron chi connectivity index (χ1n) is 7.19. The molecule has 0 amide bonds. The van der Waals surface area contributed by atoms with Crippen molar-refractivity contribution in [3.63, 3.8) is 0 Å². The SMILES string of the molecule is CC(C)CNCC1CCCN(S(=O)(=O)c2cnc[nH]2)C1. The molecule has 0 bridgehead atoms. The summed E-state index contributed by atoms with van der Waals surface area (Å²) in [5, 5.41) is 3.61. The summed E-state index contributed by atoms with van der Waals surface area (Å²) in [6.07, 6.45) is 4.77. The van der Waals surface area contributed by atoms with Gasteiger partial charge in [0.15, 0.2) is 5.03 Å². The topological polar surface area (TPSA) is 78.1 Å². The van der Waals surface area contributed by atoms with Gasteiger partial charge in [0.25, 0.3) is 10.0 Å². The molecule has 6 nitrogen and oxygen atoms in total. The maximum Gasteiger partial charge on any atom is 0.260 e. The standard InChI is InChI=1S/C13H24N4O2S/c1-11(2)6-14-7-12-4-3-5-17(9-12)20(18,19)13-8-15-10-16-13/h8,10-12,14H,3-7,9H2,1-2H3,(H,15,16). The van der Waals surface area contributed by atoms with Crippen molar-refractivity contribution >= 4 is 10.0 Å². The van der Waals surface area contributed by atoms with E-state index in [-0.39, 0.29) is 5.03 Å². The molecule has 2 rings (SSSR count). The summed E-state index contributed by atoms with van der Waals surface area (Å²) >= 11 is 0. The number of aromatic amines is 1. The molecule has 0 spiro atoms. The average molecular weight is 300 g/mol. The highest BCUT2D eigenvalue weighted by molar-refractivity contribution is 7.89. The highest BCUT2D eigenvalue weighted by atomic mass is 32.2. The predicted molar refractivity (Wildman–Crippen MR) is 77.8 cm³/mol. The average Bonchev–Trinajstić information content (AvgIpc) is 2.93. The van der Waals surface area contributed by atoms with Crippen molar-refractivity contribution < 1.29 is 8.42 Å². The molecule has 1 aromatic heterocycles. The Labute approximate surface area is 121 Å². The number of piperidine rings is 1. The molecule has 0 aromatic carbocycles. The Morgan fingerprint density at radius 1 is 1.55 bits per heavy atom. The summed E-state index contributed by atoms with van der Waals surface area (Å²) in [7, 11) is -3.41. The molecule has 0 saturated carbocycles. The third-order valence-electron chi connectivity index (χ3n) is 3.56. The van der Waals surface area contributed by atoms with Crippen LogP contribution in [0.4, 0.5) is 0 Å². The van der Waals surface area contributed by atoms with Crippen molar-refractivity contribution in [2.24, 2.45) is 11.8 Å². The number of rotatable bonds is 6. The van der Waals surface area contributed by atoms with E-state index in [4.69, 9.17) is 0 Å². The number of hydrogen-bond donors (Lipinski definition) is 2. The molecule has 1 aliphatic heterocycles. The van der Waals surface area contributed by atoms with E-state index in [1.54, 1.807) is 4.31 Å². The highest BCUT2D eigenvalue weighted by Gasteiger charge is 2.30.